The zero-order chi connectivity index (χ0) is 27.9. The largest absolute Gasteiger partial charge is 0.496 e. The van der Waals surface area contributed by atoms with Crippen molar-refractivity contribution in [3.05, 3.63) is 138 Å². The molecule has 7 nitrogen and oxygen atoms in total. The normalized spacial score (nSPS) is 12.5. The van der Waals surface area contributed by atoms with E-state index >= 15 is 0 Å². The molecule has 0 aliphatic carbocycles. The summed E-state index contributed by atoms with van der Waals surface area (Å²) in [7, 11) is 1.63. The molecule has 6 aromatic rings. The Labute approximate surface area is 236 Å². The van der Waals surface area contributed by atoms with Gasteiger partial charge in [-0.1, -0.05) is 60.7 Å². The number of hydrogen-bond donors (Lipinski definition) is 0. The van der Waals surface area contributed by atoms with E-state index in [1.165, 1.54) is 10.9 Å². The molecule has 7 heteroatoms. The molecule has 0 N–H and O–H groups in total. The van der Waals surface area contributed by atoms with E-state index in [0.717, 1.165) is 38.8 Å². The number of para-hydroxylation sites is 1. The highest BCUT2D eigenvalue weighted by Gasteiger charge is 2.28. The summed E-state index contributed by atoms with van der Waals surface area (Å²) in [4.78, 5) is 33.2. The first-order chi connectivity index (χ1) is 20.1. The average Bonchev–Trinajstić information content (AvgIpc) is 3.67. The van der Waals surface area contributed by atoms with Gasteiger partial charge in [-0.2, -0.15) is 0 Å². The molecule has 0 fully saturated rings. The lowest BCUT2D eigenvalue weighted by molar-refractivity contribution is 0.0950. The number of hydrogen-bond acceptors (Lipinski definition) is 4. The monoisotopic (exact) mass is 538 g/mol. The predicted octanol–water partition coefficient (Wildman–Crippen LogP) is 6.41. The molecule has 1 aliphatic heterocycles. The number of carbonyl (C=O) groups excluding carboxylic acids is 2. The van der Waals surface area contributed by atoms with Crippen LogP contribution in [0.1, 0.15) is 32.1 Å². The molecule has 0 atom stereocenters. The van der Waals surface area contributed by atoms with Crippen LogP contribution in [0.25, 0.3) is 21.9 Å². The van der Waals surface area contributed by atoms with Crippen LogP contribution in [-0.4, -0.2) is 33.0 Å². The van der Waals surface area contributed by atoms with E-state index in [1.807, 2.05) is 77.4 Å². The van der Waals surface area contributed by atoms with Crippen LogP contribution >= 0.6 is 0 Å². The summed E-state index contributed by atoms with van der Waals surface area (Å²) in [6.45, 7) is 0.793. The third-order valence-electron chi connectivity index (χ3n) is 7.73. The van der Waals surface area contributed by atoms with Crippen LogP contribution in [0.3, 0.4) is 0 Å². The molecule has 2 aromatic heterocycles. The van der Waals surface area contributed by atoms with Crippen molar-refractivity contribution in [3.63, 3.8) is 0 Å². The molecule has 0 bridgehead atoms. The topological polar surface area (TPSA) is 69.4 Å². The highest BCUT2D eigenvalue weighted by Crippen LogP contribution is 2.37. The highest BCUT2D eigenvalue weighted by atomic mass is 16.5. The van der Waals surface area contributed by atoms with Gasteiger partial charge in [-0.05, 0) is 58.3 Å². The molecule has 200 valence electrons. The zero-order valence-electron chi connectivity index (χ0n) is 22.4. The van der Waals surface area contributed by atoms with E-state index in [9.17, 15) is 9.59 Å². The van der Waals surface area contributed by atoms with Gasteiger partial charge >= 0.3 is 0 Å². The molecular weight excluding hydrogens is 512 g/mol. The molecule has 0 saturated carbocycles. The molecule has 41 heavy (non-hydrogen) atoms. The molecule has 0 radical (unpaired) electrons. The van der Waals surface area contributed by atoms with Gasteiger partial charge in [-0.25, -0.2) is 4.98 Å². The van der Waals surface area contributed by atoms with Crippen LogP contribution < -0.4 is 9.64 Å². The maximum absolute atomic E-state index is 14.2. The van der Waals surface area contributed by atoms with Crippen LogP contribution in [0.15, 0.2) is 116 Å². The Kier molecular flexibility index (Phi) is 5.97. The molecule has 1 amide bonds. The van der Waals surface area contributed by atoms with Crippen molar-refractivity contribution in [2.45, 2.75) is 13.1 Å². The fraction of sp³-hybridized carbons (Fsp3) is 0.0882. The van der Waals surface area contributed by atoms with Crippen molar-refractivity contribution < 1.29 is 14.3 Å². The smallest absolute Gasteiger partial charge is 0.279 e. The van der Waals surface area contributed by atoms with Crippen molar-refractivity contribution in [3.8, 4) is 16.9 Å². The molecule has 7 rings (SSSR count). The number of nitrogens with zero attached hydrogens (tertiary/aromatic N) is 4. The van der Waals surface area contributed by atoms with Gasteiger partial charge in [0.25, 0.3) is 11.8 Å². The van der Waals surface area contributed by atoms with Crippen molar-refractivity contribution in [2.75, 3.05) is 12.0 Å². The Morgan fingerprint density at radius 1 is 0.805 bits per heavy atom. The molecular formula is C34H26N4O3. The highest BCUT2D eigenvalue weighted by molar-refractivity contribution is 6.08. The standard InChI is InChI=1S/C34H26N4O3/c1-41-32-19-24(13-15-29(32)28-11-6-9-23-7-2-4-10-27(23)28)33(39)38-21-26-14-16-31(34(40)36-18-17-35-22-36)37(26)20-25-8-3-5-12-30(25)38/h2-19,22H,20-21H2,1H3. The summed E-state index contributed by atoms with van der Waals surface area (Å²) in [5.41, 5.74) is 5.69. The number of rotatable bonds is 4. The number of anilines is 1. The van der Waals surface area contributed by atoms with Crippen LogP contribution in [0.4, 0.5) is 5.69 Å². The second-order valence-electron chi connectivity index (χ2n) is 10.0. The minimum Gasteiger partial charge on any atom is -0.496 e. The summed E-state index contributed by atoms with van der Waals surface area (Å²) < 4.78 is 9.27. The summed E-state index contributed by atoms with van der Waals surface area (Å²) >= 11 is 0. The van der Waals surface area contributed by atoms with Gasteiger partial charge in [0.15, 0.2) is 0 Å². The summed E-state index contributed by atoms with van der Waals surface area (Å²) in [6, 6.07) is 31.6. The summed E-state index contributed by atoms with van der Waals surface area (Å²) in [6.07, 6.45) is 4.72. The van der Waals surface area contributed by atoms with Crippen molar-refractivity contribution in [1.82, 2.24) is 14.1 Å². The lowest BCUT2D eigenvalue weighted by Crippen LogP contribution is -2.30. The number of methoxy groups -OCH3 is 1. The van der Waals surface area contributed by atoms with Crippen LogP contribution in [0.2, 0.25) is 0 Å². The van der Waals surface area contributed by atoms with Crippen LogP contribution in [0, 0.1) is 0 Å². The van der Waals surface area contributed by atoms with E-state index in [4.69, 9.17) is 4.74 Å². The predicted molar refractivity (Wildman–Crippen MR) is 158 cm³/mol. The Hall–Kier alpha value is -5.43. The third kappa shape index (κ3) is 4.19. The maximum atomic E-state index is 14.2. The first-order valence-corrected chi connectivity index (χ1v) is 13.4. The number of imidazole rings is 1. The van der Waals surface area contributed by atoms with Gasteiger partial charge in [-0.3, -0.25) is 14.2 Å². The molecule has 4 aromatic carbocycles. The number of amides is 1. The molecule has 1 aliphatic rings. The number of carbonyl (C=O) groups is 2. The zero-order valence-corrected chi connectivity index (χ0v) is 22.4. The van der Waals surface area contributed by atoms with Crippen LogP contribution in [0.5, 0.6) is 5.75 Å². The van der Waals surface area contributed by atoms with Crippen LogP contribution in [-0.2, 0) is 13.1 Å². The van der Waals surface area contributed by atoms with Crippen molar-refractivity contribution in [2.24, 2.45) is 0 Å². The van der Waals surface area contributed by atoms with Gasteiger partial charge in [0.05, 0.1) is 20.2 Å². The number of fused-ring (bicyclic) bond motifs is 3. The SMILES string of the molecule is COc1cc(C(=O)N2Cc3ccc(C(=O)n4ccnc4)n3Cc3ccccc32)ccc1-c1cccc2ccccc12. The number of ether oxygens (including phenoxy) is 1. The lowest BCUT2D eigenvalue weighted by Gasteiger charge is -2.23. The second-order valence-corrected chi connectivity index (χ2v) is 10.0. The van der Waals surface area contributed by atoms with E-state index in [-0.39, 0.29) is 11.8 Å². The molecule has 0 spiro atoms. The third-order valence-corrected chi connectivity index (χ3v) is 7.73. The molecule has 0 unspecified atom stereocenters. The Morgan fingerprint density at radius 2 is 1.63 bits per heavy atom. The first-order valence-electron chi connectivity index (χ1n) is 13.4. The van der Waals surface area contributed by atoms with Crippen molar-refractivity contribution in [1.29, 1.82) is 0 Å². The number of aromatic nitrogens is 3. The molecule has 3 heterocycles. The first kappa shape index (κ1) is 24.6. The van der Waals surface area contributed by atoms with E-state index in [1.54, 1.807) is 24.4 Å². The maximum Gasteiger partial charge on any atom is 0.279 e. The summed E-state index contributed by atoms with van der Waals surface area (Å²) in [5.74, 6) is 0.323. The van der Waals surface area contributed by atoms with E-state index in [2.05, 4.69) is 29.2 Å². The lowest BCUT2D eigenvalue weighted by atomic mass is 9.96. The Bertz CT molecular complexity index is 1930. The van der Waals surface area contributed by atoms with E-state index in [0.29, 0.717) is 30.1 Å². The van der Waals surface area contributed by atoms with Gasteiger partial charge < -0.3 is 14.2 Å². The number of benzene rings is 4. The van der Waals surface area contributed by atoms with Gasteiger partial charge in [0.2, 0.25) is 0 Å². The molecule has 0 saturated heterocycles. The summed E-state index contributed by atoms with van der Waals surface area (Å²) in [5, 5.41) is 2.26. The van der Waals surface area contributed by atoms with Crippen molar-refractivity contribution >= 4 is 28.3 Å². The van der Waals surface area contributed by atoms with Gasteiger partial charge in [0, 0.05) is 34.9 Å². The minimum absolute atomic E-state index is 0.141. The minimum atomic E-state index is -0.167. The quantitative estimate of drug-likeness (QED) is 0.260. The Balaban J connectivity index is 1.28. The van der Waals surface area contributed by atoms with Gasteiger partial charge in [0.1, 0.15) is 17.8 Å². The second kappa shape index (κ2) is 9.95. The average molecular weight is 539 g/mol. The fourth-order valence-corrected chi connectivity index (χ4v) is 5.70. The van der Waals surface area contributed by atoms with E-state index < -0.39 is 0 Å². The van der Waals surface area contributed by atoms with Gasteiger partial charge in [-0.15, -0.1) is 0 Å². The fourth-order valence-electron chi connectivity index (χ4n) is 5.70. The Morgan fingerprint density at radius 3 is 2.49 bits per heavy atom.